The number of hydrogen-bond donors (Lipinski definition) is 2. The second kappa shape index (κ2) is 5.19. The summed E-state index contributed by atoms with van der Waals surface area (Å²) >= 11 is 0. The van der Waals surface area contributed by atoms with Gasteiger partial charge in [0.2, 0.25) is 0 Å². The van der Waals surface area contributed by atoms with E-state index < -0.39 is 11.5 Å². The van der Waals surface area contributed by atoms with Crippen LogP contribution >= 0.6 is 0 Å². The van der Waals surface area contributed by atoms with Gasteiger partial charge in [-0.05, 0) is 43.4 Å². The SMILES string of the molecule is CNC(CN1CCc2ccccc2C1)(C(=O)O)C1CC1. The highest BCUT2D eigenvalue weighted by Gasteiger charge is 2.51. The summed E-state index contributed by atoms with van der Waals surface area (Å²) in [6.45, 7) is 2.40. The number of fused-ring (bicyclic) bond motifs is 1. The second-order valence-corrected chi connectivity index (χ2v) is 6.03. The number of rotatable bonds is 5. The molecule has 1 aromatic rings. The van der Waals surface area contributed by atoms with Gasteiger partial charge in [0.1, 0.15) is 5.54 Å². The molecule has 4 heteroatoms. The van der Waals surface area contributed by atoms with Gasteiger partial charge < -0.3 is 10.4 Å². The van der Waals surface area contributed by atoms with Crippen LogP contribution in [0.4, 0.5) is 0 Å². The van der Waals surface area contributed by atoms with Crippen LogP contribution < -0.4 is 5.32 Å². The molecule has 1 atom stereocenters. The van der Waals surface area contributed by atoms with Gasteiger partial charge in [0, 0.05) is 19.6 Å². The number of nitrogens with one attached hydrogen (secondary N) is 1. The molecule has 0 spiro atoms. The molecular formula is C16H22N2O2. The largest absolute Gasteiger partial charge is 0.480 e. The summed E-state index contributed by atoms with van der Waals surface area (Å²) in [5.74, 6) is -0.427. The van der Waals surface area contributed by atoms with Crippen molar-refractivity contribution in [2.45, 2.75) is 31.3 Å². The third kappa shape index (κ3) is 2.34. The molecule has 1 fully saturated rings. The van der Waals surface area contributed by atoms with Crippen LogP contribution in [0.3, 0.4) is 0 Å². The van der Waals surface area contributed by atoms with Gasteiger partial charge in [-0.25, -0.2) is 0 Å². The van der Waals surface area contributed by atoms with Crippen molar-refractivity contribution in [2.75, 3.05) is 20.1 Å². The lowest BCUT2D eigenvalue weighted by Gasteiger charge is -2.37. The Morgan fingerprint density at radius 3 is 2.70 bits per heavy atom. The van der Waals surface area contributed by atoms with E-state index in [-0.39, 0.29) is 5.92 Å². The van der Waals surface area contributed by atoms with Crippen LogP contribution in [0.5, 0.6) is 0 Å². The maximum atomic E-state index is 11.8. The fraction of sp³-hybridized carbons (Fsp3) is 0.562. The monoisotopic (exact) mass is 274 g/mol. The van der Waals surface area contributed by atoms with E-state index in [1.165, 1.54) is 11.1 Å². The van der Waals surface area contributed by atoms with Gasteiger partial charge in [-0.15, -0.1) is 0 Å². The Morgan fingerprint density at radius 2 is 2.10 bits per heavy atom. The predicted octanol–water partition coefficient (Wildman–Crippen LogP) is 1.50. The van der Waals surface area contributed by atoms with E-state index in [2.05, 4.69) is 34.5 Å². The van der Waals surface area contributed by atoms with Gasteiger partial charge in [0.15, 0.2) is 0 Å². The van der Waals surface area contributed by atoms with Crippen LogP contribution in [0, 0.1) is 5.92 Å². The number of benzene rings is 1. The zero-order chi connectivity index (χ0) is 14.2. The van der Waals surface area contributed by atoms with Crippen LogP contribution in [0.2, 0.25) is 0 Å². The first-order chi connectivity index (χ1) is 9.65. The molecule has 2 N–H and O–H groups in total. The lowest BCUT2D eigenvalue weighted by molar-refractivity contribution is -0.146. The fourth-order valence-electron chi connectivity index (χ4n) is 3.38. The van der Waals surface area contributed by atoms with Crippen molar-refractivity contribution in [3.05, 3.63) is 35.4 Å². The average molecular weight is 274 g/mol. The Morgan fingerprint density at radius 1 is 1.40 bits per heavy atom. The predicted molar refractivity (Wildman–Crippen MR) is 77.6 cm³/mol. The summed E-state index contributed by atoms with van der Waals surface area (Å²) in [6, 6.07) is 8.47. The van der Waals surface area contributed by atoms with Crippen molar-refractivity contribution >= 4 is 5.97 Å². The summed E-state index contributed by atoms with van der Waals surface area (Å²) in [5.41, 5.74) is 1.97. The average Bonchev–Trinajstić information content (AvgIpc) is 3.29. The molecule has 20 heavy (non-hydrogen) atoms. The van der Waals surface area contributed by atoms with Gasteiger partial charge in [0.05, 0.1) is 0 Å². The quantitative estimate of drug-likeness (QED) is 0.854. The molecule has 0 radical (unpaired) electrons. The third-order valence-corrected chi connectivity index (χ3v) is 4.78. The van der Waals surface area contributed by atoms with Crippen LogP contribution in [0.1, 0.15) is 24.0 Å². The van der Waals surface area contributed by atoms with E-state index >= 15 is 0 Å². The summed E-state index contributed by atoms with van der Waals surface area (Å²) in [7, 11) is 1.78. The maximum absolute atomic E-state index is 11.8. The maximum Gasteiger partial charge on any atom is 0.325 e. The van der Waals surface area contributed by atoms with Crippen LogP contribution in [-0.4, -0.2) is 41.7 Å². The van der Waals surface area contributed by atoms with E-state index in [1.54, 1.807) is 7.05 Å². The molecule has 108 valence electrons. The standard InChI is InChI=1S/C16H22N2O2/c1-17-16(15(19)20,14-6-7-14)11-18-9-8-12-4-2-3-5-13(12)10-18/h2-5,14,17H,6-11H2,1H3,(H,19,20). The fourth-order valence-corrected chi connectivity index (χ4v) is 3.38. The van der Waals surface area contributed by atoms with Gasteiger partial charge in [-0.3, -0.25) is 9.69 Å². The van der Waals surface area contributed by atoms with E-state index in [1.807, 2.05) is 0 Å². The van der Waals surface area contributed by atoms with E-state index in [9.17, 15) is 9.90 Å². The minimum atomic E-state index is -0.772. The molecule has 1 unspecified atom stereocenters. The van der Waals surface area contributed by atoms with Crippen LogP contribution in [0.15, 0.2) is 24.3 Å². The Hall–Kier alpha value is -1.39. The molecule has 3 rings (SSSR count). The molecule has 4 nitrogen and oxygen atoms in total. The number of carbonyl (C=O) groups is 1. The molecular weight excluding hydrogens is 252 g/mol. The molecule has 1 aromatic carbocycles. The normalized spacial score (nSPS) is 22.1. The highest BCUT2D eigenvalue weighted by molar-refractivity contribution is 5.80. The van der Waals surface area contributed by atoms with Crippen molar-refractivity contribution in [2.24, 2.45) is 5.92 Å². The molecule has 0 bridgehead atoms. The molecule has 1 aliphatic carbocycles. The van der Waals surface area contributed by atoms with Gasteiger partial charge >= 0.3 is 5.97 Å². The summed E-state index contributed by atoms with van der Waals surface area (Å²) < 4.78 is 0. The first-order valence-electron chi connectivity index (χ1n) is 7.37. The minimum absolute atomic E-state index is 0.280. The van der Waals surface area contributed by atoms with E-state index in [0.717, 1.165) is 32.4 Å². The first-order valence-corrected chi connectivity index (χ1v) is 7.37. The smallest absolute Gasteiger partial charge is 0.325 e. The highest BCUT2D eigenvalue weighted by atomic mass is 16.4. The molecule has 0 amide bonds. The zero-order valence-electron chi connectivity index (χ0n) is 11.9. The molecule has 1 heterocycles. The zero-order valence-corrected chi connectivity index (χ0v) is 11.9. The second-order valence-electron chi connectivity index (χ2n) is 6.03. The van der Waals surface area contributed by atoms with Crippen molar-refractivity contribution < 1.29 is 9.90 Å². The van der Waals surface area contributed by atoms with Crippen molar-refractivity contribution in [1.82, 2.24) is 10.2 Å². The summed E-state index contributed by atoms with van der Waals surface area (Å²) in [4.78, 5) is 14.0. The summed E-state index contributed by atoms with van der Waals surface area (Å²) in [5, 5.41) is 12.8. The Kier molecular flexibility index (Phi) is 3.52. The number of nitrogens with zero attached hydrogens (tertiary/aromatic N) is 1. The van der Waals surface area contributed by atoms with Crippen molar-refractivity contribution in [3.63, 3.8) is 0 Å². The number of carboxylic acids is 1. The Labute approximate surface area is 119 Å². The Balaban J connectivity index is 1.76. The molecule has 2 aliphatic rings. The van der Waals surface area contributed by atoms with Crippen molar-refractivity contribution in [3.8, 4) is 0 Å². The van der Waals surface area contributed by atoms with Gasteiger partial charge in [-0.2, -0.15) is 0 Å². The van der Waals surface area contributed by atoms with Gasteiger partial charge in [-0.1, -0.05) is 24.3 Å². The number of carboxylic acid groups (broad SMARTS) is 1. The molecule has 0 saturated heterocycles. The lowest BCUT2D eigenvalue weighted by atomic mass is 9.91. The van der Waals surface area contributed by atoms with Crippen LogP contribution in [-0.2, 0) is 17.8 Å². The number of likely N-dealkylation sites (N-methyl/N-ethyl adjacent to an activating group) is 1. The molecule has 1 aliphatic heterocycles. The summed E-state index contributed by atoms with van der Waals surface area (Å²) in [6.07, 6.45) is 3.06. The van der Waals surface area contributed by atoms with Crippen LogP contribution in [0.25, 0.3) is 0 Å². The van der Waals surface area contributed by atoms with Crippen molar-refractivity contribution in [1.29, 1.82) is 0 Å². The number of aliphatic carboxylic acids is 1. The Bertz CT molecular complexity index is 513. The molecule has 0 aromatic heterocycles. The topological polar surface area (TPSA) is 52.6 Å². The third-order valence-electron chi connectivity index (χ3n) is 4.78. The van der Waals surface area contributed by atoms with E-state index in [4.69, 9.17) is 0 Å². The van der Waals surface area contributed by atoms with E-state index in [0.29, 0.717) is 6.54 Å². The van der Waals surface area contributed by atoms with Gasteiger partial charge in [0.25, 0.3) is 0 Å². The number of hydrogen-bond acceptors (Lipinski definition) is 3. The lowest BCUT2D eigenvalue weighted by Crippen LogP contribution is -2.60. The first kappa shape index (κ1) is 13.6. The molecule has 1 saturated carbocycles. The highest BCUT2D eigenvalue weighted by Crippen LogP contribution is 2.40. The minimum Gasteiger partial charge on any atom is -0.480 e.